The topological polar surface area (TPSA) is 36.9 Å². The molecule has 4 aliphatic rings. The number of rotatable bonds is 1. The molecule has 4 rings (SSSR count). The maximum Gasteiger partial charge on any atom is 0.488 e. The van der Waals surface area contributed by atoms with Gasteiger partial charge in [-0.2, -0.15) is 0 Å². The van der Waals surface area contributed by atoms with Gasteiger partial charge in [-0.3, -0.25) is 0 Å². The van der Waals surface area contributed by atoms with Crippen molar-refractivity contribution in [3.8, 4) is 0 Å². The first-order chi connectivity index (χ1) is 8.90. The van der Waals surface area contributed by atoms with Crippen LogP contribution in [0.3, 0.4) is 0 Å². The van der Waals surface area contributed by atoms with Gasteiger partial charge < -0.3 is 18.6 Å². The van der Waals surface area contributed by atoms with Crippen LogP contribution in [0.15, 0.2) is 0 Å². The van der Waals surface area contributed by atoms with E-state index < -0.39 is 0 Å². The normalized spacial score (nSPS) is 44.0. The lowest BCUT2D eigenvalue weighted by atomic mass is 9.49. The Morgan fingerprint density at radius 1 is 0.500 bits per heavy atom. The van der Waals surface area contributed by atoms with E-state index in [4.69, 9.17) is 18.6 Å². The van der Waals surface area contributed by atoms with Crippen molar-refractivity contribution < 1.29 is 18.6 Å². The van der Waals surface area contributed by atoms with Crippen LogP contribution in [-0.4, -0.2) is 38.4 Å². The molecule has 18 heavy (non-hydrogen) atoms. The second-order valence-electron chi connectivity index (χ2n) is 6.00. The summed E-state index contributed by atoms with van der Waals surface area (Å²) in [7, 11) is -0.576. The lowest BCUT2D eigenvalue weighted by Crippen LogP contribution is -2.40. The Labute approximate surface area is 109 Å². The lowest BCUT2D eigenvalue weighted by Gasteiger charge is -2.22. The molecule has 98 valence electrons. The molecule has 0 aromatic heterocycles. The predicted octanol–water partition coefficient (Wildman–Crippen LogP) is 1.76. The summed E-state index contributed by atoms with van der Waals surface area (Å²) in [5.74, 6) is 0. The van der Waals surface area contributed by atoms with Crippen LogP contribution in [-0.2, 0) is 18.6 Å². The molecule has 0 amide bonds. The summed E-state index contributed by atoms with van der Waals surface area (Å²) < 4.78 is 23.9. The smallest absolute Gasteiger partial charge is 0.408 e. The first-order valence-corrected chi connectivity index (χ1v) is 7.52. The Bertz CT molecular complexity index is 258. The molecule has 0 bridgehead atoms. The van der Waals surface area contributed by atoms with E-state index in [-0.39, 0.29) is 38.4 Å². The fourth-order valence-corrected chi connectivity index (χ4v) is 3.76. The molecule has 0 radical (unpaired) electrons. The standard InChI is InChI=1S/C12H20B2O4/c1-2-6-10-9(5-1)15-13(16-10)14-17-11-7-3-4-8-12(11)18-14/h9-12H,1-8H2/t9-,10+,11-,12+. The zero-order valence-electron chi connectivity index (χ0n) is 10.8. The van der Waals surface area contributed by atoms with E-state index in [2.05, 4.69) is 0 Å². The summed E-state index contributed by atoms with van der Waals surface area (Å²) in [5.41, 5.74) is 0. The second-order valence-corrected chi connectivity index (χ2v) is 6.00. The fraction of sp³-hybridized carbons (Fsp3) is 1.00. The van der Waals surface area contributed by atoms with Gasteiger partial charge in [-0.05, 0) is 25.7 Å². The van der Waals surface area contributed by atoms with Crippen molar-refractivity contribution in [3.05, 3.63) is 0 Å². The highest BCUT2D eigenvalue weighted by Crippen LogP contribution is 2.35. The third-order valence-electron chi connectivity index (χ3n) is 4.74. The van der Waals surface area contributed by atoms with Gasteiger partial charge in [0.25, 0.3) is 0 Å². The van der Waals surface area contributed by atoms with Crippen molar-refractivity contribution in [3.63, 3.8) is 0 Å². The minimum Gasteiger partial charge on any atom is -0.408 e. The maximum absolute atomic E-state index is 5.98. The van der Waals surface area contributed by atoms with Crippen LogP contribution in [0.1, 0.15) is 51.4 Å². The van der Waals surface area contributed by atoms with Crippen LogP contribution in [0.5, 0.6) is 0 Å². The third-order valence-corrected chi connectivity index (χ3v) is 4.74. The van der Waals surface area contributed by atoms with Gasteiger partial charge in [0.2, 0.25) is 0 Å². The number of fused-ring (bicyclic) bond motifs is 2. The number of hydrogen-bond acceptors (Lipinski definition) is 4. The molecular weight excluding hydrogens is 230 g/mol. The Hall–Kier alpha value is -0.0301. The van der Waals surface area contributed by atoms with Crippen LogP contribution >= 0.6 is 0 Å². The Kier molecular flexibility index (Phi) is 3.15. The van der Waals surface area contributed by atoms with E-state index in [1.165, 1.54) is 25.7 Å². The summed E-state index contributed by atoms with van der Waals surface area (Å²) in [6.07, 6.45) is 10.6. The summed E-state index contributed by atoms with van der Waals surface area (Å²) in [5, 5.41) is 0. The average molecular weight is 250 g/mol. The van der Waals surface area contributed by atoms with Gasteiger partial charge in [-0.25, -0.2) is 0 Å². The van der Waals surface area contributed by atoms with Gasteiger partial charge in [0.05, 0.1) is 24.4 Å². The van der Waals surface area contributed by atoms with Crippen LogP contribution in [0, 0.1) is 0 Å². The van der Waals surface area contributed by atoms with E-state index in [9.17, 15) is 0 Å². The molecule has 0 aromatic rings. The van der Waals surface area contributed by atoms with Crippen LogP contribution in [0.2, 0.25) is 0 Å². The van der Waals surface area contributed by atoms with Crippen molar-refractivity contribution in [2.24, 2.45) is 0 Å². The van der Waals surface area contributed by atoms with E-state index in [1.54, 1.807) is 0 Å². The van der Waals surface area contributed by atoms with Crippen LogP contribution in [0.4, 0.5) is 0 Å². The monoisotopic (exact) mass is 250 g/mol. The van der Waals surface area contributed by atoms with E-state index in [0.717, 1.165) is 25.7 Å². The first-order valence-electron chi connectivity index (χ1n) is 7.52. The highest BCUT2D eigenvalue weighted by molar-refractivity contribution is 7.11. The Balaban J connectivity index is 1.40. The number of hydrogen-bond donors (Lipinski definition) is 0. The quantitative estimate of drug-likeness (QED) is 0.664. The van der Waals surface area contributed by atoms with Gasteiger partial charge in [0.1, 0.15) is 0 Å². The maximum atomic E-state index is 5.98. The molecule has 0 spiro atoms. The average Bonchev–Trinajstić information content (AvgIpc) is 3.02. The summed E-state index contributed by atoms with van der Waals surface area (Å²) >= 11 is 0. The first kappa shape index (κ1) is 11.8. The molecule has 4 atom stereocenters. The molecule has 4 fully saturated rings. The second kappa shape index (κ2) is 4.82. The van der Waals surface area contributed by atoms with E-state index in [0.29, 0.717) is 0 Å². The minimum absolute atomic E-state index is 0.276. The molecule has 2 aliphatic carbocycles. The van der Waals surface area contributed by atoms with Gasteiger partial charge in [-0.15, -0.1) is 0 Å². The molecule has 0 N–H and O–H groups in total. The largest absolute Gasteiger partial charge is 0.488 e. The van der Waals surface area contributed by atoms with Crippen LogP contribution < -0.4 is 0 Å². The zero-order valence-corrected chi connectivity index (χ0v) is 10.8. The van der Waals surface area contributed by atoms with Gasteiger partial charge in [0.15, 0.2) is 0 Å². The van der Waals surface area contributed by atoms with Gasteiger partial charge in [0, 0.05) is 0 Å². The summed E-state index contributed by atoms with van der Waals surface area (Å²) in [4.78, 5) is 0. The Morgan fingerprint density at radius 3 is 1.06 bits per heavy atom. The van der Waals surface area contributed by atoms with Crippen molar-refractivity contribution in [1.29, 1.82) is 0 Å². The molecule has 2 saturated heterocycles. The van der Waals surface area contributed by atoms with Crippen molar-refractivity contribution >= 4 is 14.0 Å². The van der Waals surface area contributed by atoms with E-state index >= 15 is 0 Å². The molecule has 4 nitrogen and oxygen atoms in total. The summed E-state index contributed by atoms with van der Waals surface area (Å²) in [6.45, 7) is 0. The predicted molar refractivity (Wildman–Crippen MR) is 67.9 cm³/mol. The molecule has 2 heterocycles. The van der Waals surface area contributed by atoms with E-state index in [1.807, 2.05) is 0 Å². The Morgan fingerprint density at radius 2 is 0.778 bits per heavy atom. The molecule has 6 heteroatoms. The third kappa shape index (κ3) is 2.03. The van der Waals surface area contributed by atoms with Crippen LogP contribution in [0.25, 0.3) is 0 Å². The summed E-state index contributed by atoms with van der Waals surface area (Å²) in [6, 6.07) is 0. The lowest BCUT2D eigenvalue weighted by molar-refractivity contribution is 0.110. The van der Waals surface area contributed by atoms with Gasteiger partial charge >= 0.3 is 14.0 Å². The van der Waals surface area contributed by atoms with Crippen molar-refractivity contribution in [2.45, 2.75) is 75.8 Å². The molecule has 0 aromatic carbocycles. The minimum atomic E-state index is -0.288. The highest BCUT2D eigenvalue weighted by atomic mass is 16.7. The zero-order chi connectivity index (χ0) is 11.9. The fourth-order valence-electron chi connectivity index (χ4n) is 3.76. The molecular formula is C12H20B2O4. The SMILES string of the molecule is C1CC[C@H]2OB(B3O[C@H]4CCCC[C@H]4O3)O[C@H]2C1. The molecule has 0 unspecified atom stereocenters. The van der Waals surface area contributed by atoms with Crippen molar-refractivity contribution in [2.75, 3.05) is 0 Å². The van der Waals surface area contributed by atoms with Gasteiger partial charge in [-0.1, -0.05) is 25.7 Å². The van der Waals surface area contributed by atoms with Crippen molar-refractivity contribution in [1.82, 2.24) is 0 Å². The molecule has 2 saturated carbocycles. The molecule has 2 aliphatic heterocycles. The highest BCUT2D eigenvalue weighted by Gasteiger charge is 2.55.